The van der Waals surface area contributed by atoms with Gasteiger partial charge < -0.3 is 5.11 Å². The van der Waals surface area contributed by atoms with Crippen LogP contribution in [0.1, 0.15) is 12.0 Å². The molecule has 1 aliphatic heterocycles. The van der Waals surface area contributed by atoms with Gasteiger partial charge in [0.1, 0.15) is 13.7 Å². The maximum Gasteiger partial charge on any atom is 0.138 e. The van der Waals surface area contributed by atoms with E-state index in [0.717, 1.165) is 19.5 Å². The highest BCUT2D eigenvalue weighted by molar-refractivity contribution is 6.83. The van der Waals surface area contributed by atoms with E-state index in [1.54, 1.807) is 0 Å². The fourth-order valence-corrected chi connectivity index (χ4v) is 2.86. The fraction of sp³-hybridized carbons (Fsp3) is 0.500. The molecule has 1 aliphatic rings. The van der Waals surface area contributed by atoms with Gasteiger partial charge in [-0.05, 0) is 5.56 Å². The first-order valence-corrected chi connectivity index (χ1v) is 10.4. The molecule has 0 aromatic heterocycles. The highest BCUT2D eigenvalue weighted by atomic mass is 28.3. The molecule has 1 unspecified atom stereocenters. The fourth-order valence-electron chi connectivity index (χ4n) is 2.25. The predicted octanol–water partition coefficient (Wildman–Crippen LogP) is 2.50. The van der Waals surface area contributed by atoms with Crippen LogP contribution >= 0.6 is 0 Å². The van der Waals surface area contributed by atoms with Gasteiger partial charge in [0, 0.05) is 26.1 Å². The molecule has 1 aromatic rings. The molecule has 1 fully saturated rings. The van der Waals surface area contributed by atoms with Crippen molar-refractivity contribution in [1.29, 1.82) is 0 Å². The topological polar surface area (TPSA) is 23.5 Å². The number of nitrogens with zero attached hydrogens (tertiary/aromatic N) is 1. The van der Waals surface area contributed by atoms with Crippen LogP contribution in [0.4, 0.5) is 0 Å². The van der Waals surface area contributed by atoms with Crippen molar-refractivity contribution in [2.45, 2.75) is 38.2 Å². The zero-order chi connectivity index (χ0) is 13.9. The lowest BCUT2D eigenvalue weighted by Gasteiger charge is -2.19. The van der Waals surface area contributed by atoms with Crippen LogP contribution in [0.2, 0.25) is 19.6 Å². The van der Waals surface area contributed by atoms with E-state index in [9.17, 15) is 5.11 Å². The second kappa shape index (κ2) is 5.50. The lowest BCUT2D eigenvalue weighted by atomic mass is 10.1. The Kier molecular flexibility index (Phi) is 4.15. The van der Waals surface area contributed by atoms with E-state index in [0.29, 0.717) is 6.54 Å². The number of likely N-dealkylation sites (tertiary alicyclic amines) is 1. The van der Waals surface area contributed by atoms with E-state index in [4.69, 9.17) is 0 Å². The second-order valence-electron chi connectivity index (χ2n) is 6.48. The lowest BCUT2D eigenvalue weighted by Crippen LogP contribution is -2.32. The lowest BCUT2D eigenvalue weighted by molar-refractivity contribution is 0.107. The van der Waals surface area contributed by atoms with Gasteiger partial charge in [0.05, 0.1) is 0 Å². The molecular formula is C16H23NOSi. The molecule has 0 saturated carbocycles. The standard InChI is InChI=1S/C16H23NOSi/c1-19(2,3)12-10-16(18)9-11-17(14-16)13-15-7-5-4-6-8-15/h4-8,18H,9,11,13-14H2,1-3H3. The van der Waals surface area contributed by atoms with E-state index in [1.807, 2.05) is 6.07 Å². The monoisotopic (exact) mass is 273 g/mol. The zero-order valence-electron chi connectivity index (χ0n) is 12.1. The van der Waals surface area contributed by atoms with Crippen LogP contribution in [-0.4, -0.2) is 36.8 Å². The molecule has 0 radical (unpaired) electrons. The summed E-state index contributed by atoms with van der Waals surface area (Å²) < 4.78 is 0. The molecular weight excluding hydrogens is 250 g/mol. The van der Waals surface area contributed by atoms with Crippen molar-refractivity contribution in [3.8, 4) is 11.5 Å². The Labute approximate surface area is 117 Å². The summed E-state index contributed by atoms with van der Waals surface area (Å²) in [5.41, 5.74) is 3.80. The molecule has 1 aromatic carbocycles. The van der Waals surface area contributed by atoms with Crippen LogP contribution in [0.25, 0.3) is 0 Å². The average molecular weight is 273 g/mol. The van der Waals surface area contributed by atoms with Gasteiger partial charge in [-0.1, -0.05) is 55.9 Å². The Balaban J connectivity index is 1.97. The highest BCUT2D eigenvalue weighted by Gasteiger charge is 2.34. The normalized spacial score (nSPS) is 24.0. The van der Waals surface area contributed by atoms with Crippen molar-refractivity contribution in [2.24, 2.45) is 0 Å². The molecule has 1 atom stereocenters. The zero-order valence-corrected chi connectivity index (χ0v) is 13.1. The molecule has 1 heterocycles. The first-order chi connectivity index (χ1) is 8.86. The Hall–Kier alpha value is -1.08. The van der Waals surface area contributed by atoms with Crippen LogP contribution in [-0.2, 0) is 6.54 Å². The third kappa shape index (κ3) is 4.50. The second-order valence-corrected chi connectivity index (χ2v) is 11.2. The SMILES string of the molecule is C[Si](C)(C)C#CC1(O)CCN(Cc2ccccc2)C1. The van der Waals surface area contributed by atoms with Gasteiger partial charge in [-0.15, -0.1) is 5.54 Å². The summed E-state index contributed by atoms with van der Waals surface area (Å²) in [5.74, 6) is 3.14. The van der Waals surface area contributed by atoms with Gasteiger partial charge in [0.2, 0.25) is 0 Å². The number of hydrogen-bond donors (Lipinski definition) is 1. The maximum atomic E-state index is 10.5. The number of hydrogen-bond acceptors (Lipinski definition) is 2. The number of rotatable bonds is 2. The van der Waals surface area contributed by atoms with Crippen molar-refractivity contribution >= 4 is 8.07 Å². The van der Waals surface area contributed by atoms with Crippen molar-refractivity contribution in [1.82, 2.24) is 4.90 Å². The third-order valence-corrected chi connectivity index (χ3v) is 4.12. The number of aliphatic hydroxyl groups is 1. The summed E-state index contributed by atoms with van der Waals surface area (Å²) in [6.07, 6.45) is 0.761. The Morgan fingerprint density at radius 2 is 1.95 bits per heavy atom. The minimum atomic E-state index is -1.41. The van der Waals surface area contributed by atoms with Gasteiger partial charge in [0.15, 0.2) is 0 Å². The van der Waals surface area contributed by atoms with Gasteiger partial charge in [-0.25, -0.2) is 0 Å². The van der Waals surface area contributed by atoms with E-state index >= 15 is 0 Å². The van der Waals surface area contributed by atoms with Crippen LogP contribution < -0.4 is 0 Å². The molecule has 2 nitrogen and oxygen atoms in total. The molecule has 0 spiro atoms. The number of benzene rings is 1. The Morgan fingerprint density at radius 1 is 1.26 bits per heavy atom. The van der Waals surface area contributed by atoms with Gasteiger partial charge >= 0.3 is 0 Å². The highest BCUT2D eigenvalue weighted by Crippen LogP contribution is 2.22. The summed E-state index contributed by atoms with van der Waals surface area (Å²) in [5, 5.41) is 10.5. The summed E-state index contributed by atoms with van der Waals surface area (Å²) in [4.78, 5) is 2.29. The molecule has 1 N–H and O–H groups in total. The molecule has 102 valence electrons. The number of β-amino-alcohol motifs (C(OH)–C–C–N with tert-alkyl or cyclic N) is 1. The van der Waals surface area contributed by atoms with E-state index < -0.39 is 13.7 Å². The van der Waals surface area contributed by atoms with Crippen LogP contribution in [0.3, 0.4) is 0 Å². The molecule has 0 bridgehead atoms. The smallest absolute Gasteiger partial charge is 0.138 e. The van der Waals surface area contributed by atoms with Crippen LogP contribution in [0.15, 0.2) is 30.3 Å². The van der Waals surface area contributed by atoms with E-state index in [-0.39, 0.29) is 0 Å². The minimum Gasteiger partial charge on any atom is -0.376 e. The quantitative estimate of drug-likeness (QED) is 0.661. The molecule has 3 heteroatoms. The summed E-state index contributed by atoms with van der Waals surface area (Å²) in [6.45, 7) is 9.11. The predicted molar refractivity (Wildman–Crippen MR) is 82.4 cm³/mol. The molecule has 0 aliphatic carbocycles. The van der Waals surface area contributed by atoms with Gasteiger partial charge in [0.25, 0.3) is 0 Å². The first kappa shape index (κ1) is 14.3. The van der Waals surface area contributed by atoms with Crippen molar-refractivity contribution in [3.63, 3.8) is 0 Å². The molecule has 19 heavy (non-hydrogen) atoms. The molecule has 0 amide bonds. The van der Waals surface area contributed by atoms with Crippen LogP contribution in [0.5, 0.6) is 0 Å². The Morgan fingerprint density at radius 3 is 2.58 bits per heavy atom. The maximum absolute atomic E-state index is 10.5. The average Bonchev–Trinajstić information content (AvgIpc) is 2.70. The Bertz CT molecular complexity index is 483. The van der Waals surface area contributed by atoms with E-state index in [2.05, 4.69) is 60.3 Å². The van der Waals surface area contributed by atoms with Gasteiger partial charge in [-0.3, -0.25) is 4.90 Å². The molecule has 2 rings (SSSR count). The summed E-state index contributed by atoms with van der Waals surface area (Å²) >= 11 is 0. The van der Waals surface area contributed by atoms with Gasteiger partial charge in [-0.2, -0.15) is 0 Å². The van der Waals surface area contributed by atoms with Crippen molar-refractivity contribution in [3.05, 3.63) is 35.9 Å². The van der Waals surface area contributed by atoms with Crippen molar-refractivity contribution < 1.29 is 5.11 Å². The molecule has 1 saturated heterocycles. The van der Waals surface area contributed by atoms with Crippen LogP contribution in [0, 0.1) is 11.5 Å². The summed E-state index contributed by atoms with van der Waals surface area (Å²) in [7, 11) is -1.41. The minimum absolute atomic E-state index is 0.666. The summed E-state index contributed by atoms with van der Waals surface area (Å²) in [6, 6.07) is 10.4. The first-order valence-electron chi connectivity index (χ1n) is 6.89. The third-order valence-electron chi connectivity index (χ3n) is 3.25. The largest absolute Gasteiger partial charge is 0.376 e. The van der Waals surface area contributed by atoms with E-state index in [1.165, 1.54) is 5.56 Å². The van der Waals surface area contributed by atoms with Crippen molar-refractivity contribution in [2.75, 3.05) is 13.1 Å².